The lowest BCUT2D eigenvalue weighted by Gasteiger charge is -2.39. The molecule has 0 amide bonds. The molecule has 0 aliphatic carbocycles. The molecule has 0 bridgehead atoms. The van der Waals surface area contributed by atoms with Gasteiger partial charge >= 0.3 is 0 Å². The molecule has 3 N–H and O–H groups in total. The van der Waals surface area contributed by atoms with Crippen molar-refractivity contribution in [1.29, 1.82) is 5.41 Å². The molecule has 0 unspecified atom stereocenters. The van der Waals surface area contributed by atoms with Crippen LogP contribution in [0.3, 0.4) is 0 Å². The predicted octanol–water partition coefficient (Wildman–Crippen LogP) is 5.70. The number of fused-ring (bicyclic) bond motifs is 1. The van der Waals surface area contributed by atoms with Crippen molar-refractivity contribution in [3.8, 4) is 16.8 Å². The zero-order valence-electron chi connectivity index (χ0n) is 20.4. The molecular formula is C30H32N4O. The van der Waals surface area contributed by atoms with E-state index in [0.717, 1.165) is 28.7 Å². The van der Waals surface area contributed by atoms with Gasteiger partial charge in [-0.3, -0.25) is 19.7 Å². The molecular weight excluding hydrogens is 432 g/mol. The lowest BCUT2D eigenvalue weighted by atomic mass is 9.96. The highest BCUT2D eigenvalue weighted by molar-refractivity contribution is 5.96. The fraction of sp³-hybridized carbons (Fsp3) is 0.267. The highest BCUT2D eigenvalue weighted by Gasteiger charge is 2.24. The number of pyridine rings is 1. The second-order valence-corrected chi connectivity index (χ2v) is 9.72. The molecule has 4 aromatic rings. The summed E-state index contributed by atoms with van der Waals surface area (Å²) >= 11 is 0. The van der Waals surface area contributed by atoms with Gasteiger partial charge in [-0.15, -0.1) is 0 Å². The van der Waals surface area contributed by atoms with Gasteiger partial charge in [-0.05, 0) is 73.5 Å². The quantitative estimate of drug-likeness (QED) is 0.294. The summed E-state index contributed by atoms with van der Waals surface area (Å²) in [6, 6.07) is 26.8. The van der Waals surface area contributed by atoms with E-state index in [-0.39, 0.29) is 11.4 Å². The average molecular weight is 465 g/mol. The van der Waals surface area contributed by atoms with Crippen molar-refractivity contribution in [2.45, 2.75) is 51.7 Å². The average Bonchev–Trinajstić information content (AvgIpc) is 2.86. The van der Waals surface area contributed by atoms with E-state index in [0.29, 0.717) is 23.2 Å². The van der Waals surface area contributed by atoms with Crippen molar-refractivity contribution < 1.29 is 0 Å². The molecule has 178 valence electrons. The van der Waals surface area contributed by atoms with Crippen molar-refractivity contribution >= 4 is 16.7 Å². The van der Waals surface area contributed by atoms with E-state index in [1.807, 2.05) is 48.5 Å². The summed E-state index contributed by atoms with van der Waals surface area (Å²) in [5.74, 6) is -0.0131. The molecule has 1 saturated heterocycles. The van der Waals surface area contributed by atoms with Crippen LogP contribution in [0.15, 0.2) is 83.7 Å². The normalized spacial score (nSPS) is 18.6. The molecule has 5 rings (SSSR count). The van der Waals surface area contributed by atoms with Gasteiger partial charge in [0.25, 0.3) is 5.56 Å². The zero-order valence-corrected chi connectivity index (χ0v) is 20.4. The molecule has 35 heavy (non-hydrogen) atoms. The van der Waals surface area contributed by atoms with Crippen LogP contribution in [0.1, 0.15) is 44.2 Å². The first-order valence-electron chi connectivity index (χ1n) is 12.4. The van der Waals surface area contributed by atoms with Crippen LogP contribution in [0.5, 0.6) is 0 Å². The molecule has 1 aliphatic rings. The minimum absolute atomic E-state index is 0.0131. The Morgan fingerprint density at radius 3 is 2.37 bits per heavy atom. The van der Waals surface area contributed by atoms with E-state index in [1.54, 1.807) is 10.6 Å². The Morgan fingerprint density at radius 2 is 1.66 bits per heavy atom. The minimum Gasteiger partial charge on any atom is -0.384 e. The topological polar surface area (TPSA) is 75.1 Å². The van der Waals surface area contributed by atoms with Gasteiger partial charge in [0.05, 0.1) is 5.52 Å². The molecule has 1 aromatic heterocycles. The number of nitrogens with zero attached hydrogens (tertiary/aromatic N) is 2. The van der Waals surface area contributed by atoms with Gasteiger partial charge in [0.15, 0.2) is 0 Å². The molecule has 1 aliphatic heterocycles. The van der Waals surface area contributed by atoms with E-state index < -0.39 is 0 Å². The summed E-state index contributed by atoms with van der Waals surface area (Å²) in [5, 5.41) is 8.77. The highest BCUT2D eigenvalue weighted by atomic mass is 16.1. The van der Waals surface area contributed by atoms with Crippen molar-refractivity contribution in [3.05, 3.63) is 100 Å². The SMILES string of the molecule is C[C@@H]1CCC[C@H](C)N1Cc1ccc(-n2c(=O)c(-c3cccc(C(=N)N)c3)cc3ccccc32)cc1. The largest absolute Gasteiger partial charge is 0.384 e. The Kier molecular flexibility index (Phi) is 6.27. The number of likely N-dealkylation sites (tertiary alicyclic amines) is 1. The zero-order chi connectivity index (χ0) is 24.5. The van der Waals surface area contributed by atoms with Crippen LogP contribution < -0.4 is 11.3 Å². The van der Waals surface area contributed by atoms with Gasteiger partial charge in [0.2, 0.25) is 0 Å². The number of hydrogen-bond acceptors (Lipinski definition) is 3. The standard InChI is InChI=1S/C30H32N4O/c1-20-7-5-8-21(2)33(20)19-22-13-15-26(16-14-22)34-28-12-4-3-9-24(28)18-27(30(34)35)23-10-6-11-25(17-23)29(31)32/h3-4,6,9-18,20-21H,5,7-8,19H2,1-2H3,(H3,31,32)/t20-,21+. The number of benzene rings is 3. The summed E-state index contributed by atoms with van der Waals surface area (Å²) < 4.78 is 1.79. The third kappa shape index (κ3) is 4.52. The van der Waals surface area contributed by atoms with Crippen LogP contribution in [0, 0.1) is 5.41 Å². The summed E-state index contributed by atoms with van der Waals surface area (Å²) in [6.07, 6.45) is 3.81. The van der Waals surface area contributed by atoms with Crippen LogP contribution in [0.25, 0.3) is 27.7 Å². The number of aromatic nitrogens is 1. The fourth-order valence-corrected chi connectivity index (χ4v) is 5.33. The van der Waals surface area contributed by atoms with Crippen molar-refractivity contribution in [1.82, 2.24) is 9.47 Å². The number of nitrogens with two attached hydrogens (primary N) is 1. The Balaban J connectivity index is 1.57. The van der Waals surface area contributed by atoms with E-state index >= 15 is 0 Å². The molecule has 0 saturated carbocycles. The second kappa shape index (κ2) is 9.51. The molecule has 0 spiro atoms. The number of amidine groups is 1. The minimum atomic E-state index is -0.0876. The van der Waals surface area contributed by atoms with E-state index in [1.165, 1.54) is 24.8 Å². The summed E-state index contributed by atoms with van der Waals surface area (Å²) in [4.78, 5) is 16.4. The van der Waals surface area contributed by atoms with Gasteiger partial charge in [0.1, 0.15) is 5.84 Å². The van der Waals surface area contributed by atoms with Gasteiger partial charge in [-0.25, -0.2) is 0 Å². The van der Waals surface area contributed by atoms with E-state index in [2.05, 4.69) is 43.0 Å². The lowest BCUT2D eigenvalue weighted by molar-refractivity contribution is 0.0953. The number of piperidine rings is 1. The van der Waals surface area contributed by atoms with Gasteiger partial charge in [0, 0.05) is 35.4 Å². The number of para-hydroxylation sites is 1. The van der Waals surface area contributed by atoms with Crippen LogP contribution in [0.4, 0.5) is 0 Å². The Hall–Kier alpha value is -3.70. The molecule has 2 atom stereocenters. The van der Waals surface area contributed by atoms with Crippen LogP contribution in [0.2, 0.25) is 0 Å². The Bertz CT molecular complexity index is 1430. The highest BCUT2D eigenvalue weighted by Crippen LogP contribution is 2.27. The van der Waals surface area contributed by atoms with Crippen molar-refractivity contribution in [2.75, 3.05) is 0 Å². The first-order valence-corrected chi connectivity index (χ1v) is 12.4. The number of hydrogen-bond donors (Lipinski definition) is 2. The predicted molar refractivity (Wildman–Crippen MR) is 144 cm³/mol. The summed E-state index contributed by atoms with van der Waals surface area (Å²) in [7, 11) is 0. The molecule has 5 nitrogen and oxygen atoms in total. The third-order valence-corrected chi connectivity index (χ3v) is 7.33. The molecule has 0 radical (unpaired) electrons. The van der Waals surface area contributed by atoms with Crippen molar-refractivity contribution in [2.24, 2.45) is 5.73 Å². The first kappa shape index (κ1) is 23.1. The maximum atomic E-state index is 13.8. The first-order chi connectivity index (χ1) is 16.9. The maximum Gasteiger partial charge on any atom is 0.263 e. The van der Waals surface area contributed by atoms with Gasteiger partial charge in [-0.1, -0.05) is 55.0 Å². The van der Waals surface area contributed by atoms with Gasteiger partial charge < -0.3 is 5.73 Å². The van der Waals surface area contributed by atoms with Gasteiger partial charge in [-0.2, -0.15) is 0 Å². The number of rotatable bonds is 5. The van der Waals surface area contributed by atoms with E-state index in [4.69, 9.17) is 11.1 Å². The van der Waals surface area contributed by atoms with E-state index in [9.17, 15) is 4.79 Å². The maximum absolute atomic E-state index is 13.8. The molecule has 1 fully saturated rings. The molecule has 5 heteroatoms. The number of nitrogens with one attached hydrogen (secondary N) is 1. The summed E-state index contributed by atoms with van der Waals surface area (Å²) in [5.41, 5.74) is 10.5. The number of nitrogen functional groups attached to an aromatic ring is 1. The summed E-state index contributed by atoms with van der Waals surface area (Å²) in [6.45, 7) is 5.57. The third-order valence-electron chi connectivity index (χ3n) is 7.33. The van der Waals surface area contributed by atoms with Crippen LogP contribution in [-0.2, 0) is 6.54 Å². The Labute approximate surface area is 206 Å². The Morgan fingerprint density at radius 1 is 0.943 bits per heavy atom. The fourth-order valence-electron chi connectivity index (χ4n) is 5.33. The second-order valence-electron chi connectivity index (χ2n) is 9.72. The monoisotopic (exact) mass is 464 g/mol. The van der Waals surface area contributed by atoms with Crippen molar-refractivity contribution in [3.63, 3.8) is 0 Å². The lowest BCUT2D eigenvalue weighted by Crippen LogP contribution is -2.42. The smallest absolute Gasteiger partial charge is 0.263 e. The van der Waals surface area contributed by atoms with Crippen LogP contribution >= 0.6 is 0 Å². The molecule has 2 heterocycles. The van der Waals surface area contributed by atoms with Crippen LogP contribution in [-0.4, -0.2) is 27.4 Å². The molecule has 3 aromatic carbocycles.